The van der Waals surface area contributed by atoms with Gasteiger partial charge < -0.3 is 10.5 Å². The Bertz CT molecular complexity index is 1150. The van der Waals surface area contributed by atoms with Crippen LogP contribution in [0.2, 0.25) is 0 Å². The molecule has 0 fully saturated rings. The molecule has 2 aromatic carbocycles. The molecule has 0 aliphatic heterocycles. The summed E-state index contributed by atoms with van der Waals surface area (Å²) in [6.07, 6.45) is -4.90. The van der Waals surface area contributed by atoms with Crippen molar-refractivity contribution in [2.45, 2.75) is 18.2 Å². The average Bonchev–Trinajstić information content (AvgIpc) is 2.99. The number of carbonyl (C=O) groups excluding carboxylic acids is 1. The Morgan fingerprint density at radius 1 is 1.11 bits per heavy atom. The molecule has 1 heterocycles. The summed E-state index contributed by atoms with van der Waals surface area (Å²) < 4.78 is 68.3. The van der Waals surface area contributed by atoms with Crippen LogP contribution < -0.4 is 10.5 Å². The molecule has 3 aromatic rings. The number of rotatable bonds is 5. The number of carbonyl (C=O) groups is 1. The van der Waals surface area contributed by atoms with Gasteiger partial charge in [-0.1, -0.05) is 17.7 Å². The van der Waals surface area contributed by atoms with Crippen molar-refractivity contribution in [2.75, 3.05) is 6.54 Å². The summed E-state index contributed by atoms with van der Waals surface area (Å²) >= 11 is 0. The highest BCUT2D eigenvalue weighted by molar-refractivity contribution is 7.90. The Kier molecular flexibility index (Phi) is 4.94. The van der Waals surface area contributed by atoms with Gasteiger partial charge in [-0.25, -0.2) is 12.4 Å². The van der Waals surface area contributed by atoms with Crippen molar-refractivity contribution < 1.29 is 31.1 Å². The van der Waals surface area contributed by atoms with Gasteiger partial charge in [0.1, 0.15) is 11.4 Å². The van der Waals surface area contributed by atoms with Gasteiger partial charge in [-0.2, -0.15) is 0 Å². The predicted octanol–water partition coefficient (Wildman–Crippen LogP) is 3.23. The van der Waals surface area contributed by atoms with Crippen LogP contribution in [-0.2, 0) is 10.0 Å². The molecule has 0 aliphatic rings. The number of aryl methyl sites for hydroxylation is 1. The smallest absolute Gasteiger partial charge is 0.406 e. The van der Waals surface area contributed by atoms with E-state index in [1.54, 1.807) is 19.1 Å². The van der Waals surface area contributed by atoms with Gasteiger partial charge in [0.05, 0.1) is 17.0 Å². The SMILES string of the molecule is Cc1ccc(S(=O)(=O)n2c(C(=O)CN)cc3cc(OC(F)(F)F)ccc32)cc1. The zero-order chi connectivity index (χ0) is 20.7. The Balaban J connectivity index is 2.24. The van der Waals surface area contributed by atoms with Crippen molar-refractivity contribution in [2.24, 2.45) is 5.73 Å². The molecule has 1 aromatic heterocycles. The second-order valence-electron chi connectivity index (χ2n) is 6.01. The topological polar surface area (TPSA) is 91.4 Å². The van der Waals surface area contributed by atoms with Gasteiger partial charge in [-0.15, -0.1) is 13.2 Å². The monoisotopic (exact) mass is 412 g/mol. The molecule has 3 rings (SSSR count). The van der Waals surface area contributed by atoms with E-state index in [-0.39, 0.29) is 21.5 Å². The van der Waals surface area contributed by atoms with Crippen LogP contribution in [0, 0.1) is 6.92 Å². The van der Waals surface area contributed by atoms with Crippen molar-refractivity contribution >= 4 is 26.7 Å². The number of ether oxygens (including phenoxy) is 1. The molecule has 0 radical (unpaired) electrons. The highest BCUT2D eigenvalue weighted by Crippen LogP contribution is 2.31. The zero-order valence-corrected chi connectivity index (χ0v) is 15.3. The number of nitrogens with zero attached hydrogens (tertiary/aromatic N) is 1. The van der Waals surface area contributed by atoms with Gasteiger partial charge in [0, 0.05) is 5.39 Å². The number of halogens is 3. The normalized spacial score (nSPS) is 12.3. The molecule has 10 heteroatoms. The molecule has 6 nitrogen and oxygen atoms in total. The third-order valence-corrected chi connectivity index (χ3v) is 5.73. The van der Waals surface area contributed by atoms with E-state index in [1.165, 1.54) is 18.2 Å². The quantitative estimate of drug-likeness (QED) is 0.650. The van der Waals surface area contributed by atoms with Gasteiger partial charge in [-0.05, 0) is 43.3 Å². The van der Waals surface area contributed by atoms with Crippen LogP contribution in [0.3, 0.4) is 0 Å². The molecule has 2 N–H and O–H groups in total. The second kappa shape index (κ2) is 6.95. The van der Waals surface area contributed by atoms with E-state index in [1.807, 2.05) is 0 Å². The summed E-state index contributed by atoms with van der Waals surface area (Å²) in [5, 5.41) is 0.0919. The lowest BCUT2D eigenvalue weighted by Crippen LogP contribution is -2.22. The largest absolute Gasteiger partial charge is 0.573 e. The van der Waals surface area contributed by atoms with Crippen LogP contribution >= 0.6 is 0 Å². The third-order valence-electron chi connectivity index (χ3n) is 3.99. The number of aromatic nitrogens is 1. The fraction of sp³-hybridized carbons (Fsp3) is 0.167. The minimum absolute atomic E-state index is 0.0342. The van der Waals surface area contributed by atoms with Crippen LogP contribution in [0.25, 0.3) is 10.9 Å². The maximum atomic E-state index is 13.1. The Hall–Kier alpha value is -2.85. The number of fused-ring (bicyclic) bond motifs is 1. The second-order valence-corrected chi connectivity index (χ2v) is 7.79. The maximum absolute atomic E-state index is 13.1. The lowest BCUT2D eigenvalue weighted by Gasteiger charge is -2.12. The molecule has 0 saturated carbocycles. The van der Waals surface area contributed by atoms with E-state index in [0.717, 1.165) is 27.7 Å². The summed E-state index contributed by atoms with van der Waals surface area (Å²) in [5.41, 5.74) is 6.00. The molecule has 0 saturated heterocycles. The molecule has 0 spiro atoms. The Morgan fingerprint density at radius 3 is 2.32 bits per heavy atom. The molecule has 0 unspecified atom stereocenters. The van der Waals surface area contributed by atoms with E-state index in [9.17, 15) is 26.4 Å². The van der Waals surface area contributed by atoms with Crippen LogP contribution in [-0.4, -0.2) is 31.1 Å². The number of hydrogen-bond donors (Lipinski definition) is 1. The number of hydrogen-bond acceptors (Lipinski definition) is 5. The average molecular weight is 412 g/mol. The predicted molar refractivity (Wildman–Crippen MR) is 95.8 cm³/mol. The van der Waals surface area contributed by atoms with Crippen molar-refractivity contribution in [3.63, 3.8) is 0 Å². The molecule has 148 valence electrons. The molecular weight excluding hydrogens is 397 g/mol. The summed E-state index contributed by atoms with van der Waals surface area (Å²) in [4.78, 5) is 12.2. The number of nitrogens with two attached hydrogens (primary N) is 1. The summed E-state index contributed by atoms with van der Waals surface area (Å²) in [7, 11) is -4.20. The maximum Gasteiger partial charge on any atom is 0.573 e. The van der Waals surface area contributed by atoms with E-state index in [2.05, 4.69) is 4.74 Å². The molecule has 0 bridgehead atoms. The fourth-order valence-corrected chi connectivity index (χ4v) is 4.27. The van der Waals surface area contributed by atoms with Gasteiger partial charge >= 0.3 is 6.36 Å². The summed E-state index contributed by atoms with van der Waals surface area (Å²) in [6, 6.07) is 10.3. The van der Waals surface area contributed by atoms with E-state index >= 15 is 0 Å². The summed E-state index contributed by atoms with van der Waals surface area (Å²) in [5.74, 6) is -1.21. The van der Waals surface area contributed by atoms with Crippen LogP contribution in [0.15, 0.2) is 53.4 Å². The first-order chi connectivity index (χ1) is 13.0. The van der Waals surface area contributed by atoms with Crippen LogP contribution in [0.1, 0.15) is 16.1 Å². The van der Waals surface area contributed by atoms with E-state index in [0.29, 0.717) is 0 Å². The fourth-order valence-electron chi connectivity index (χ4n) is 2.74. The molecular formula is C18H15F3N2O4S. The third kappa shape index (κ3) is 3.73. The molecule has 28 heavy (non-hydrogen) atoms. The minimum Gasteiger partial charge on any atom is -0.406 e. The van der Waals surface area contributed by atoms with Crippen LogP contribution in [0.4, 0.5) is 13.2 Å². The van der Waals surface area contributed by atoms with Crippen molar-refractivity contribution in [1.82, 2.24) is 3.97 Å². The van der Waals surface area contributed by atoms with Gasteiger partial charge in [0.25, 0.3) is 10.0 Å². The standard InChI is InChI=1S/C18H15F3N2O4S/c1-11-2-5-14(6-3-11)28(25,26)23-15-7-4-13(27-18(19,20)21)8-12(15)9-16(23)17(24)10-22/h2-9H,10,22H2,1H3. The number of alkyl halides is 3. The van der Waals surface area contributed by atoms with E-state index < -0.39 is 34.5 Å². The number of ketones is 1. The minimum atomic E-state index is -4.90. The van der Waals surface area contributed by atoms with Gasteiger partial charge in [0.15, 0.2) is 5.78 Å². The first kappa shape index (κ1) is 19.9. The first-order valence-electron chi connectivity index (χ1n) is 8.00. The molecule has 0 aliphatic carbocycles. The van der Waals surface area contributed by atoms with E-state index in [4.69, 9.17) is 5.73 Å². The van der Waals surface area contributed by atoms with Crippen molar-refractivity contribution in [3.8, 4) is 5.75 Å². The van der Waals surface area contributed by atoms with Gasteiger partial charge in [0.2, 0.25) is 0 Å². The lowest BCUT2D eigenvalue weighted by atomic mass is 10.2. The first-order valence-corrected chi connectivity index (χ1v) is 9.44. The number of benzene rings is 2. The summed E-state index contributed by atoms with van der Waals surface area (Å²) in [6.45, 7) is 1.32. The molecule has 0 atom stereocenters. The number of Topliss-reactive ketones (excluding diaryl/α,β-unsaturated/α-hetero) is 1. The van der Waals surface area contributed by atoms with Crippen molar-refractivity contribution in [3.05, 3.63) is 59.8 Å². The Morgan fingerprint density at radius 2 is 1.75 bits per heavy atom. The lowest BCUT2D eigenvalue weighted by molar-refractivity contribution is -0.274. The Labute approximate surface area is 158 Å². The highest BCUT2D eigenvalue weighted by atomic mass is 32.2. The highest BCUT2D eigenvalue weighted by Gasteiger charge is 2.32. The van der Waals surface area contributed by atoms with Gasteiger partial charge in [-0.3, -0.25) is 4.79 Å². The van der Waals surface area contributed by atoms with Crippen molar-refractivity contribution in [1.29, 1.82) is 0 Å². The molecule has 0 amide bonds. The van der Waals surface area contributed by atoms with Crippen LogP contribution in [0.5, 0.6) is 5.75 Å². The zero-order valence-electron chi connectivity index (χ0n) is 14.5.